The molecule has 0 unspecified atom stereocenters. The van der Waals surface area contributed by atoms with E-state index in [2.05, 4.69) is 14.7 Å². The van der Waals surface area contributed by atoms with Gasteiger partial charge in [0.2, 0.25) is 5.96 Å². The molecule has 0 heterocycles. The summed E-state index contributed by atoms with van der Waals surface area (Å²) in [7, 11) is 3.80. The van der Waals surface area contributed by atoms with Gasteiger partial charge in [-0.25, -0.2) is 19.5 Å². The van der Waals surface area contributed by atoms with E-state index in [0.29, 0.717) is 10.9 Å². The van der Waals surface area contributed by atoms with Crippen LogP contribution in [0.25, 0.3) is 0 Å². The van der Waals surface area contributed by atoms with Gasteiger partial charge in [0, 0.05) is 0 Å². The number of carbonyl (C=O) groups is 1. The molecular formula is C11H16N4O4. The van der Waals surface area contributed by atoms with E-state index in [4.69, 9.17) is 10.6 Å². The number of hydrogen-bond donors (Lipinski definition) is 1. The van der Waals surface area contributed by atoms with Crippen LogP contribution in [0.5, 0.6) is 0 Å². The predicted octanol–water partition coefficient (Wildman–Crippen LogP) is 1.04. The second kappa shape index (κ2) is 7.31. The van der Waals surface area contributed by atoms with Gasteiger partial charge in [0.05, 0.1) is 27.0 Å². The Bertz CT molecular complexity index is 434. The summed E-state index contributed by atoms with van der Waals surface area (Å²) >= 11 is 0. The van der Waals surface area contributed by atoms with Crippen molar-refractivity contribution in [3.05, 3.63) is 30.3 Å². The normalized spacial score (nSPS) is 11.2. The molecule has 0 aliphatic rings. The number of hydroxylamine groups is 4. The summed E-state index contributed by atoms with van der Waals surface area (Å²) < 4.78 is 0. The summed E-state index contributed by atoms with van der Waals surface area (Å²) in [6.07, 6.45) is 0. The second-order valence-corrected chi connectivity index (χ2v) is 3.19. The fourth-order valence-electron chi connectivity index (χ4n) is 1.25. The van der Waals surface area contributed by atoms with Crippen molar-refractivity contribution in [1.82, 2.24) is 10.3 Å². The molecule has 0 aromatic heterocycles. The van der Waals surface area contributed by atoms with Crippen molar-refractivity contribution >= 4 is 17.7 Å². The SMILES string of the molecule is CON(OC)C(=O)N(OC)C(N)=Nc1ccccc1. The monoisotopic (exact) mass is 268 g/mol. The van der Waals surface area contributed by atoms with Crippen LogP contribution in [0.4, 0.5) is 10.5 Å². The zero-order chi connectivity index (χ0) is 14.3. The van der Waals surface area contributed by atoms with Gasteiger partial charge in [-0.3, -0.25) is 4.84 Å². The van der Waals surface area contributed by atoms with Gasteiger partial charge < -0.3 is 5.73 Å². The number of guanidine groups is 1. The molecule has 0 aliphatic carbocycles. The number of aliphatic imine (C=N–C) groups is 1. The lowest BCUT2D eigenvalue weighted by atomic mass is 10.3. The van der Waals surface area contributed by atoms with E-state index in [1.807, 2.05) is 6.07 Å². The lowest BCUT2D eigenvalue weighted by molar-refractivity contribution is -0.309. The highest BCUT2D eigenvalue weighted by Crippen LogP contribution is 2.11. The molecule has 2 amide bonds. The Labute approximate surface area is 110 Å². The lowest BCUT2D eigenvalue weighted by Crippen LogP contribution is -2.47. The van der Waals surface area contributed by atoms with Crippen molar-refractivity contribution < 1.29 is 19.3 Å². The topological polar surface area (TPSA) is 89.6 Å². The number of hydrogen-bond acceptors (Lipinski definition) is 5. The summed E-state index contributed by atoms with van der Waals surface area (Å²) in [5, 5.41) is 1.33. The molecule has 1 rings (SSSR count). The summed E-state index contributed by atoms with van der Waals surface area (Å²) in [4.78, 5) is 30.1. The zero-order valence-electron chi connectivity index (χ0n) is 10.9. The number of amides is 2. The van der Waals surface area contributed by atoms with E-state index < -0.39 is 6.03 Å². The lowest BCUT2D eigenvalue weighted by Gasteiger charge is -2.23. The van der Waals surface area contributed by atoms with E-state index in [1.54, 1.807) is 24.3 Å². The fraction of sp³-hybridized carbons (Fsp3) is 0.273. The van der Waals surface area contributed by atoms with Crippen LogP contribution in [-0.4, -0.2) is 43.6 Å². The average Bonchev–Trinajstić information content (AvgIpc) is 2.42. The molecule has 0 saturated heterocycles. The number of urea groups is 1. The van der Waals surface area contributed by atoms with Crippen LogP contribution in [0.2, 0.25) is 0 Å². The van der Waals surface area contributed by atoms with Gasteiger partial charge in [0.15, 0.2) is 0 Å². The van der Waals surface area contributed by atoms with E-state index in [1.165, 1.54) is 21.3 Å². The van der Waals surface area contributed by atoms with Crippen molar-refractivity contribution in [2.75, 3.05) is 21.3 Å². The zero-order valence-corrected chi connectivity index (χ0v) is 10.9. The van der Waals surface area contributed by atoms with Gasteiger partial charge in [-0.05, 0) is 12.1 Å². The Morgan fingerprint density at radius 1 is 1.11 bits per heavy atom. The van der Waals surface area contributed by atoms with Crippen molar-refractivity contribution in [2.24, 2.45) is 10.7 Å². The van der Waals surface area contributed by atoms with Crippen molar-refractivity contribution in [3.63, 3.8) is 0 Å². The van der Waals surface area contributed by atoms with Gasteiger partial charge in [-0.2, -0.15) is 0 Å². The first-order valence-electron chi connectivity index (χ1n) is 5.29. The van der Waals surface area contributed by atoms with Crippen LogP contribution < -0.4 is 5.73 Å². The molecule has 0 spiro atoms. The van der Waals surface area contributed by atoms with E-state index in [0.717, 1.165) is 5.06 Å². The fourth-order valence-corrected chi connectivity index (χ4v) is 1.25. The first-order valence-corrected chi connectivity index (χ1v) is 5.29. The quantitative estimate of drug-likeness (QED) is 0.500. The number of rotatable bonds is 4. The molecule has 8 heteroatoms. The minimum atomic E-state index is -0.773. The Morgan fingerprint density at radius 2 is 1.68 bits per heavy atom. The Morgan fingerprint density at radius 3 is 2.16 bits per heavy atom. The summed E-state index contributed by atoms with van der Waals surface area (Å²) in [5.41, 5.74) is 6.28. The molecular weight excluding hydrogens is 252 g/mol. The molecule has 1 aromatic rings. The second-order valence-electron chi connectivity index (χ2n) is 3.19. The molecule has 0 radical (unpaired) electrons. The van der Waals surface area contributed by atoms with Gasteiger partial charge in [-0.15, -0.1) is 5.06 Å². The molecule has 19 heavy (non-hydrogen) atoms. The number of nitrogens with zero attached hydrogens (tertiary/aromatic N) is 3. The van der Waals surface area contributed by atoms with Crippen molar-refractivity contribution in [1.29, 1.82) is 0 Å². The number of nitrogens with two attached hydrogens (primary N) is 1. The Hall–Kier alpha value is -2.16. The Balaban J connectivity index is 2.90. The van der Waals surface area contributed by atoms with E-state index in [9.17, 15) is 4.79 Å². The molecule has 1 aromatic carbocycles. The van der Waals surface area contributed by atoms with E-state index >= 15 is 0 Å². The predicted molar refractivity (Wildman–Crippen MR) is 67.8 cm³/mol. The highest BCUT2D eigenvalue weighted by atomic mass is 17.0. The van der Waals surface area contributed by atoms with Crippen molar-refractivity contribution in [3.8, 4) is 0 Å². The van der Waals surface area contributed by atoms with Gasteiger partial charge in [0.1, 0.15) is 0 Å². The largest absolute Gasteiger partial charge is 0.400 e. The van der Waals surface area contributed by atoms with Gasteiger partial charge >= 0.3 is 6.03 Å². The van der Waals surface area contributed by atoms with E-state index in [-0.39, 0.29) is 5.96 Å². The summed E-state index contributed by atoms with van der Waals surface area (Å²) in [6, 6.07) is 8.12. The first kappa shape index (κ1) is 14.9. The summed E-state index contributed by atoms with van der Waals surface area (Å²) in [5.74, 6) is -0.155. The molecule has 2 N–H and O–H groups in total. The number of carbonyl (C=O) groups excluding carboxylic acids is 1. The van der Waals surface area contributed by atoms with Gasteiger partial charge in [0.25, 0.3) is 0 Å². The molecule has 0 aliphatic heterocycles. The minimum Gasteiger partial charge on any atom is -0.367 e. The maximum Gasteiger partial charge on any atom is 0.400 e. The van der Waals surface area contributed by atoms with Crippen LogP contribution in [0, 0.1) is 0 Å². The first-order chi connectivity index (χ1) is 9.13. The van der Waals surface area contributed by atoms with Crippen LogP contribution >= 0.6 is 0 Å². The molecule has 0 atom stereocenters. The maximum atomic E-state index is 11.9. The molecule has 0 bridgehead atoms. The molecule has 8 nitrogen and oxygen atoms in total. The average molecular weight is 268 g/mol. The maximum absolute atomic E-state index is 11.9. The highest BCUT2D eigenvalue weighted by Gasteiger charge is 2.25. The molecule has 104 valence electrons. The van der Waals surface area contributed by atoms with Crippen LogP contribution in [0.3, 0.4) is 0 Å². The highest BCUT2D eigenvalue weighted by molar-refractivity contribution is 5.94. The van der Waals surface area contributed by atoms with Crippen LogP contribution in [0.1, 0.15) is 0 Å². The molecule has 0 saturated carbocycles. The third kappa shape index (κ3) is 3.91. The standard InChI is InChI=1S/C11H16N4O4/c1-17-14(11(16)15(18-2)19-3)10(12)13-9-7-5-4-6-8-9/h4-8H,1-3H3,(H2,12,13). The Kier molecular flexibility index (Phi) is 5.73. The number of para-hydroxylation sites is 1. The van der Waals surface area contributed by atoms with Gasteiger partial charge in [-0.1, -0.05) is 23.4 Å². The smallest absolute Gasteiger partial charge is 0.367 e. The summed E-state index contributed by atoms with van der Waals surface area (Å²) in [6.45, 7) is 0. The molecule has 0 fully saturated rings. The third-order valence-electron chi connectivity index (χ3n) is 2.05. The van der Waals surface area contributed by atoms with Crippen molar-refractivity contribution in [2.45, 2.75) is 0 Å². The number of benzene rings is 1. The van der Waals surface area contributed by atoms with Crippen LogP contribution in [0.15, 0.2) is 35.3 Å². The van der Waals surface area contributed by atoms with Crippen LogP contribution in [-0.2, 0) is 14.5 Å². The minimum absolute atomic E-state index is 0.155. The third-order valence-corrected chi connectivity index (χ3v) is 2.05.